The normalized spacial score (nSPS) is 16.5. The molecule has 154 valence electrons. The molecule has 0 aromatic heterocycles. The zero-order valence-corrected chi connectivity index (χ0v) is 17.5. The molecule has 1 aliphatic heterocycles. The number of carbonyl (C=O) groups is 3. The molecular formula is C23H22ClN3O3. The fraction of sp³-hybridized carbons (Fsp3) is 0.304. The van der Waals surface area contributed by atoms with Crippen LogP contribution in [0.25, 0.3) is 0 Å². The summed E-state index contributed by atoms with van der Waals surface area (Å²) in [5.41, 5.74) is 2.06. The molecular weight excluding hydrogens is 402 g/mol. The molecule has 2 N–H and O–H groups in total. The standard InChI is InChI=1S/C23H22ClN3O3/c1-23(2,16-6-3-14(12-25)4-7-16)22(30)26-13-15-5-8-17(19(24)11-15)18-9-10-20(28)27-21(18)29/h3-8,11,18H,9-10,13H2,1-2H3,(H,26,30)(H,27,28,29). The SMILES string of the molecule is CC(C)(C(=O)NCc1ccc(C2CCC(=O)NC2=O)c(Cl)c1)c1ccc(C#N)cc1. The molecule has 30 heavy (non-hydrogen) atoms. The van der Waals surface area contributed by atoms with Crippen LogP contribution in [0.3, 0.4) is 0 Å². The van der Waals surface area contributed by atoms with E-state index in [0.29, 0.717) is 22.6 Å². The van der Waals surface area contributed by atoms with Gasteiger partial charge < -0.3 is 5.32 Å². The van der Waals surface area contributed by atoms with Gasteiger partial charge in [0.15, 0.2) is 0 Å². The second kappa shape index (κ2) is 8.68. The van der Waals surface area contributed by atoms with Crippen molar-refractivity contribution in [2.24, 2.45) is 0 Å². The summed E-state index contributed by atoms with van der Waals surface area (Å²) in [6.07, 6.45) is 0.716. The smallest absolute Gasteiger partial charge is 0.234 e. The van der Waals surface area contributed by atoms with Gasteiger partial charge in [-0.05, 0) is 55.2 Å². The van der Waals surface area contributed by atoms with Gasteiger partial charge in [0.25, 0.3) is 0 Å². The Balaban J connectivity index is 1.67. The average Bonchev–Trinajstić information content (AvgIpc) is 2.72. The molecule has 0 aliphatic carbocycles. The highest BCUT2D eigenvalue weighted by Crippen LogP contribution is 2.31. The molecule has 6 nitrogen and oxygen atoms in total. The topological polar surface area (TPSA) is 99.1 Å². The van der Waals surface area contributed by atoms with Gasteiger partial charge in [0.1, 0.15) is 0 Å². The fourth-order valence-electron chi connectivity index (χ4n) is 3.45. The Morgan fingerprint density at radius 1 is 1.23 bits per heavy atom. The molecule has 1 aliphatic rings. The Kier molecular flexibility index (Phi) is 6.23. The fourth-order valence-corrected chi connectivity index (χ4v) is 3.78. The minimum absolute atomic E-state index is 0.155. The van der Waals surface area contributed by atoms with Crippen LogP contribution in [0.2, 0.25) is 5.02 Å². The van der Waals surface area contributed by atoms with Gasteiger partial charge in [-0.1, -0.05) is 35.9 Å². The molecule has 3 amide bonds. The number of nitrogens with one attached hydrogen (secondary N) is 2. The Morgan fingerprint density at radius 2 is 1.93 bits per heavy atom. The van der Waals surface area contributed by atoms with Gasteiger partial charge in [-0.3, -0.25) is 19.7 Å². The van der Waals surface area contributed by atoms with Crippen LogP contribution in [0.4, 0.5) is 0 Å². The third kappa shape index (κ3) is 4.52. The Bertz CT molecular complexity index is 1040. The minimum atomic E-state index is -0.773. The van der Waals surface area contributed by atoms with Crippen LogP contribution in [0.1, 0.15) is 54.9 Å². The predicted molar refractivity (Wildman–Crippen MR) is 113 cm³/mol. The molecule has 0 saturated carbocycles. The quantitative estimate of drug-likeness (QED) is 0.720. The summed E-state index contributed by atoms with van der Waals surface area (Å²) in [5, 5.41) is 14.6. The van der Waals surface area contributed by atoms with Crippen molar-refractivity contribution in [2.45, 2.75) is 44.6 Å². The second-order valence-corrected chi connectivity index (χ2v) is 8.26. The number of carbonyl (C=O) groups excluding carboxylic acids is 3. The lowest BCUT2D eigenvalue weighted by atomic mass is 9.83. The Morgan fingerprint density at radius 3 is 2.53 bits per heavy atom. The lowest BCUT2D eigenvalue weighted by Gasteiger charge is -2.25. The number of imide groups is 1. The minimum Gasteiger partial charge on any atom is -0.351 e. The summed E-state index contributed by atoms with van der Waals surface area (Å²) in [4.78, 5) is 36.2. The van der Waals surface area contributed by atoms with E-state index in [1.165, 1.54) is 0 Å². The summed E-state index contributed by atoms with van der Waals surface area (Å²) in [5.74, 6) is -1.21. The van der Waals surface area contributed by atoms with E-state index in [1.807, 2.05) is 19.9 Å². The molecule has 1 atom stereocenters. The van der Waals surface area contributed by atoms with Gasteiger partial charge in [-0.2, -0.15) is 5.26 Å². The molecule has 1 unspecified atom stereocenters. The van der Waals surface area contributed by atoms with Gasteiger partial charge in [-0.25, -0.2) is 0 Å². The second-order valence-electron chi connectivity index (χ2n) is 7.86. The van der Waals surface area contributed by atoms with Crippen LogP contribution < -0.4 is 10.6 Å². The molecule has 2 aromatic rings. The monoisotopic (exact) mass is 423 g/mol. The summed E-state index contributed by atoms with van der Waals surface area (Å²) in [7, 11) is 0. The van der Waals surface area contributed by atoms with E-state index in [4.69, 9.17) is 16.9 Å². The number of hydrogen-bond donors (Lipinski definition) is 2. The number of nitrogens with zero attached hydrogens (tertiary/aromatic N) is 1. The van der Waals surface area contributed by atoms with Crippen molar-refractivity contribution in [2.75, 3.05) is 0 Å². The van der Waals surface area contributed by atoms with Crippen molar-refractivity contribution < 1.29 is 14.4 Å². The predicted octanol–water partition coefficient (Wildman–Crippen LogP) is 3.33. The molecule has 2 aromatic carbocycles. The van der Waals surface area contributed by atoms with E-state index in [0.717, 1.165) is 11.1 Å². The van der Waals surface area contributed by atoms with E-state index in [2.05, 4.69) is 16.7 Å². The summed E-state index contributed by atoms with van der Waals surface area (Å²) < 4.78 is 0. The molecule has 0 radical (unpaired) electrons. The molecule has 1 fully saturated rings. The van der Waals surface area contributed by atoms with Crippen molar-refractivity contribution in [3.63, 3.8) is 0 Å². The highest BCUT2D eigenvalue weighted by Gasteiger charge is 2.31. The maximum Gasteiger partial charge on any atom is 0.234 e. The number of benzene rings is 2. The van der Waals surface area contributed by atoms with Gasteiger partial charge in [0.05, 0.1) is 23.0 Å². The average molecular weight is 424 g/mol. The summed E-state index contributed by atoms with van der Waals surface area (Å²) in [6.45, 7) is 3.93. The van der Waals surface area contributed by atoms with Crippen molar-refractivity contribution >= 4 is 29.3 Å². The zero-order valence-electron chi connectivity index (χ0n) is 16.8. The number of nitriles is 1. The summed E-state index contributed by atoms with van der Waals surface area (Å²) >= 11 is 6.39. The number of amides is 3. The van der Waals surface area contributed by atoms with E-state index in [9.17, 15) is 14.4 Å². The molecule has 1 heterocycles. The van der Waals surface area contributed by atoms with E-state index >= 15 is 0 Å². The van der Waals surface area contributed by atoms with Crippen LogP contribution in [0.15, 0.2) is 42.5 Å². The van der Waals surface area contributed by atoms with Gasteiger partial charge in [0, 0.05) is 18.0 Å². The largest absolute Gasteiger partial charge is 0.351 e. The van der Waals surface area contributed by atoms with Crippen molar-refractivity contribution in [3.8, 4) is 6.07 Å². The summed E-state index contributed by atoms with van der Waals surface area (Å²) in [6, 6.07) is 14.3. The van der Waals surface area contributed by atoms with Crippen LogP contribution in [0, 0.1) is 11.3 Å². The lowest BCUT2D eigenvalue weighted by Crippen LogP contribution is -2.40. The van der Waals surface area contributed by atoms with E-state index in [1.54, 1.807) is 36.4 Å². The zero-order chi connectivity index (χ0) is 21.9. The van der Waals surface area contributed by atoms with Crippen LogP contribution in [-0.4, -0.2) is 17.7 Å². The van der Waals surface area contributed by atoms with Gasteiger partial charge in [-0.15, -0.1) is 0 Å². The highest BCUT2D eigenvalue weighted by atomic mass is 35.5. The number of piperidine rings is 1. The number of halogens is 1. The molecule has 0 bridgehead atoms. The van der Waals surface area contributed by atoms with Crippen molar-refractivity contribution in [1.82, 2.24) is 10.6 Å². The molecule has 1 saturated heterocycles. The first kappa shape index (κ1) is 21.5. The number of hydrogen-bond acceptors (Lipinski definition) is 4. The maximum absolute atomic E-state index is 12.8. The van der Waals surface area contributed by atoms with E-state index in [-0.39, 0.29) is 30.7 Å². The maximum atomic E-state index is 12.8. The van der Waals surface area contributed by atoms with Crippen molar-refractivity contribution in [3.05, 3.63) is 69.7 Å². The third-order valence-electron chi connectivity index (χ3n) is 5.44. The first-order valence-electron chi connectivity index (χ1n) is 9.63. The van der Waals surface area contributed by atoms with E-state index < -0.39 is 11.3 Å². The van der Waals surface area contributed by atoms with Crippen molar-refractivity contribution in [1.29, 1.82) is 5.26 Å². The van der Waals surface area contributed by atoms with Crippen LogP contribution in [-0.2, 0) is 26.3 Å². The third-order valence-corrected chi connectivity index (χ3v) is 5.76. The lowest BCUT2D eigenvalue weighted by molar-refractivity contribution is -0.134. The van der Waals surface area contributed by atoms with Gasteiger partial charge in [0.2, 0.25) is 17.7 Å². The molecule has 7 heteroatoms. The first-order valence-corrected chi connectivity index (χ1v) is 10.0. The van der Waals surface area contributed by atoms with Gasteiger partial charge >= 0.3 is 0 Å². The number of rotatable bonds is 5. The molecule has 3 rings (SSSR count). The Labute approximate surface area is 180 Å². The Hall–Kier alpha value is -3.17. The first-order chi connectivity index (χ1) is 14.2. The highest BCUT2D eigenvalue weighted by molar-refractivity contribution is 6.31. The molecule has 0 spiro atoms. The van der Waals surface area contributed by atoms with Crippen LogP contribution >= 0.6 is 11.6 Å². The van der Waals surface area contributed by atoms with Crippen LogP contribution in [0.5, 0.6) is 0 Å².